The summed E-state index contributed by atoms with van der Waals surface area (Å²) in [5, 5.41) is 0. The molecule has 0 aromatic heterocycles. The zero-order valence-electron chi connectivity index (χ0n) is 15.9. The number of likely N-dealkylation sites (tertiary alicyclic amines) is 1. The van der Waals surface area contributed by atoms with Crippen molar-refractivity contribution in [3.05, 3.63) is 29.8 Å². The maximum atomic E-state index is 12.4. The molecule has 2 heterocycles. The highest BCUT2D eigenvalue weighted by Gasteiger charge is 2.20. The Bertz CT molecular complexity index is 735. The fourth-order valence-corrected chi connectivity index (χ4v) is 4.44. The Morgan fingerprint density at radius 3 is 2.59 bits per heavy atom. The molecule has 2 aliphatic heterocycles. The number of sulfonamides is 1. The molecule has 3 N–H and O–H groups in total. The van der Waals surface area contributed by atoms with Crippen molar-refractivity contribution >= 4 is 16.0 Å². The van der Waals surface area contributed by atoms with Gasteiger partial charge in [-0.3, -0.25) is 0 Å². The summed E-state index contributed by atoms with van der Waals surface area (Å²) in [7, 11) is -3.52. The number of hydrogen-bond acceptors (Lipinski definition) is 4. The predicted molar refractivity (Wildman–Crippen MR) is 106 cm³/mol. The molecule has 1 atom stereocenters. The number of aliphatic imine (C=N–C) groups is 1. The molecule has 1 aromatic rings. The lowest BCUT2D eigenvalue weighted by molar-refractivity contribution is 0.114. The number of nitrogens with zero attached hydrogens (tertiary/aromatic N) is 2. The van der Waals surface area contributed by atoms with E-state index in [0.29, 0.717) is 25.7 Å². The first-order valence-electron chi connectivity index (χ1n) is 9.69. The molecule has 0 aliphatic carbocycles. The molecule has 3 rings (SSSR count). The summed E-state index contributed by atoms with van der Waals surface area (Å²) < 4.78 is 32.8. The third kappa shape index (κ3) is 5.67. The number of nitrogens with one attached hydrogen (secondary N) is 1. The van der Waals surface area contributed by atoms with Gasteiger partial charge in [0.15, 0.2) is 5.96 Å². The van der Waals surface area contributed by atoms with Crippen LogP contribution in [-0.4, -0.2) is 51.6 Å². The third-order valence-corrected chi connectivity index (χ3v) is 6.73. The van der Waals surface area contributed by atoms with Crippen LogP contribution in [0.5, 0.6) is 0 Å². The lowest BCUT2D eigenvalue weighted by Crippen LogP contribution is -2.42. The maximum Gasteiger partial charge on any atom is 0.240 e. The highest BCUT2D eigenvalue weighted by Crippen LogP contribution is 2.16. The Morgan fingerprint density at radius 2 is 1.96 bits per heavy atom. The molecule has 7 nitrogen and oxygen atoms in total. The SMILES string of the molecule is CC1CCN(C(N)=NCc2ccc(S(=O)(=O)NCC3CCCO3)cc2)CC1. The van der Waals surface area contributed by atoms with E-state index in [2.05, 4.69) is 21.5 Å². The first-order valence-corrected chi connectivity index (χ1v) is 11.2. The van der Waals surface area contributed by atoms with E-state index in [0.717, 1.165) is 50.3 Å². The summed E-state index contributed by atoms with van der Waals surface area (Å²) in [5.41, 5.74) is 7.03. The predicted octanol–water partition coefficient (Wildman–Crippen LogP) is 1.69. The van der Waals surface area contributed by atoms with Crippen molar-refractivity contribution in [1.82, 2.24) is 9.62 Å². The summed E-state index contributed by atoms with van der Waals surface area (Å²) in [6.07, 6.45) is 4.15. The van der Waals surface area contributed by atoms with Gasteiger partial charge in [0.1, 0.15) is 0 Å². The van der Waals surface area contributed by atoms with E-state index >= 15 is 0 Å². The first kappa shape index (κ1) is 20.1. The quantitative estimate of drug-likeness (QED) is 0.565. The molecule has 1 unspecified atom stereocenters. The second-order valence-electron chi connectivity index (χ2n) is 7.47. The van der Waals surface area contributed by atoms with Crippen LogP contribution in [0.15, 0.2) is 34.2 Å². The normalized spacial score (nSPS) is 22.3. The van der Waals surface area contributed by atoms with Gasteiger partial charge in [-0.25, -0.2) is 18.1 Å². The summed E-state index contributed by atoms with van der Waals surface area (Å²) in [6.45, 7) is 5.63. The van der Waals surface area contributed by atoms with Crippen LogP contribution in [0.1, 0.15) is 38.2 Å². The van der Waals surface area contributed by atoms with Crippen molar-refractivity contribution in [1.29, 1.82) is 0 Å². The summed E-state index contributed by atoms with van der Waals surface area (Å²) in [4.78, 5) is 6.84. The van der Waals surface area contributed by atoms with E-state index in [1.165, 1.54) is 0 Å². The van der Waals surface area contributed by atoms with Gasteiger partial charge in [0.05, 0.1) is 17.5 Å². The molecule has 2 fully saturated rings. The molecule has 0 bridgehead atoms. The van der Waals surface area contributed by atoms with Crippen molar-refractivity contribution in [2.45, 2.75) is 50.2 Å². The standard InChI is InChI=1S/C19H30N4O3S/c1-15-8-10-23(11-9-15)19(20)21-13-16-4-6-18(7-5-16)27(24,25)22-14-17-3-2-12-26-17/h4-7,15,17,22H,2-3,8-14H2,1H3,(H2,20,21). The van der Waals surface area contributed by atoms with E-state index < -0.39 is 10.0 Å². The Morgan fingerprint density at radius 1 is 1.26 bits per heavy atom. The van der Waals surface area contributed by atoms with E-state index in [4.69, 9.17) is 10.5 Å². The molecular formula is C19H30N4O3S. The van der Waals surface area contributed by atoms with Crippen LogP contribution in [0.25, 0.3) is 0 Å². The number of benzene rings is 1. The maximum absolute atomic E-state index is 12.4. The molecule has 0 radical (unpaired) electrons. The Hall–Kier alpha value is -1.64. The van der Waals surface area contributed by atoms with E-state index in [9.17, 15) is 8.42 Å². The number of nitrogens with two attached hydrogens (primary N) is 1. The summed E-state index contributed by atoms with van der Waals surface area (Å²) >= 11 is 0. The van der Waals surface area contributed by atoms with Crippen LogP contribution in [0.2, 0.25) is 0 Å². The minimum atomic E-state index is -3.52. The third-order valence-electron chi connectivity index (χ3n) is 5.29. The van der Waals surface area contributed by atoms with Gasteiger partial charge in [-0.2, -0.15) is 0 Å². The molecule has 27 heavy (non-hydrogen) atoms. The largest absolute Gasteiger partial charge is 0.377 e. The molecule has 0 spiro atoms. The molecule has 8 heteroatoms. The van der Waals surface area contributed by atoms with Gasteiger partial charge in [0.2, 0.25) is 10.0 Å². The zero-order valence-corrected chi connectivity index (χ0v) is 16.7. The van der Waals surface area contributed by atoms with Crippen LogP contribution >= 0.6 is 0 Å². The summed E-state index contributed by atoms with van der Waals surface area (Å²) in [6, 6.07) is 6.80. The average Bonchev–Trinajstić information content (AvgIpc) is 3.19. The van der Waals surface area contributed by atoms with Crippen molar-refractivity contribution < 1.29 is 13.2 Å². The number of guanidine groups is 1. The van der Waals surface area contributed by atoms with E-state index in [-0.39, 0.29) is 11.0 Å². The fourth-order valence-electron chi connectivity index (χ4n) is 3.38. The van der Waals surface area contributed by atoms with E-state index in [1.807, 2.05) is 0 Å². The van der Waals surface area contributed by atoms with Gasteiger partial charge in [0, 0.05) is 26.2 Å². The first-order chi connectivity index (χ1) is 12.9. The van der Waals surface area contributed by atoms with Gasteiger partial charge in [-0.05, 0) is 49.3 Å². The van der Waals surface area contributed by atoms with Crippen LogP contribution in [0, 0.1) is 5.92 Å². The van der Waals surface area contributed by atoms with Gasteiger partial charge < -0.3 is 15.4 Å². The Balaban J connectivity index is 1.53. The Kier molecular flexibility index (Phi) is 6.73. The van der Waals surface area contributed by atoms with Crippen LogP contribution in [0.3, 0.4) is 0 Å². The number of hydrogen-bond donors (Lipinski definition) is 2. The van der Waals surface area contributed by atoms with Gasteiger partial charge in [-0.15, -0.1) is 0 Å². The van der Waals surface area contributed by atoms with Crippen molar-refractivity contribution in [3.63, 3.8) is 0 Å². The topological polar surface area (TPSA) is 97.0 Å². The molecule has 2 saturated heterocycles. The smallest absolute Gasteiger partial charge is 0.240 e. The minimum Gasteiger partial charge on any atom is -0.377 e. The van der Waals surface area contributed by atoms with Crippen LogP contribution in [-0.2, 0) is 21.3 Å². The van der Waals surface area contributed by atoms with Crippen molar-refractivity contribution in [3.8, 4) is 0 Å². The van der Waals surface area contributed by atoms with E-state index in [1.54, 1.807) is 24.3 Å². The minimum absolute atomic E-state index is 0.0193. The van der Waals surface area contributed by atoms with Gasteiger partial charge >= 0.3 is 0 Å². The summed E-state index contributed by atoms with van der Waals surface area (Å²) in [5.74, 6) is 1.31. The second-order valence-corrected chi connectivity index (χ2v) is 9.24. The monoisotopic (exact) mass is 394 g/mol. The van der Waals surface area contributed by atoms with Gasteiger partial charge in [-0.1, -0.05) is 19.1 Å². The van der Waals surface area contributed by atoms with Crippen LogP contribution in [0.4, 0.5) is 0 Å². The second kappa shape index (κ2) is 9.03. The number of rotatable bonds is 6. The number of ether oxygens (including phenoxy) is 1. The molecule has 0 amide bonds. The molecular weight excluding hydrogens is 364 g/mol. The lowest BCUT2D eigenvalue weighted by atomic mass is 10.00. The zero-order chi connectivity index (χ0) is 19.3. The Labute approximate surface area is 162 Å². The number of piperidine rings is 1. The molecule has 0 saturated carbocycles. The average molecular weight is 395 g/mol. The molecule has 150 valence electrons. The van der Waals surface area contributed by atoms with Crippen molar-refractivity contribution in [2.24, 2.45) is 16.6 Å². The highest BCUT2D eigenvalue weighted by molar-refractivity contribution is 7.89. The van der Waals surface area contributed by atoms with Crippen molar-refractivity contribution in [2.75, 3.05) is 26.2 Å². The van der Waals surface area contributed by atoms with Crippen LogP contribution < -0.4 is 10.5 Å². The molecule has 2 aliphatic rings. The highest BCUT2D eigenvalue weighted by atomic mass is 32.2. The molecule has 1 aromatic carbocycles. The van der Waals surface area contributed by atoms with Gasteiger partial charge in [0.25, 0.3) is 0 Å². The lowest BCUT2D eigenvalue weighted by Gasteiger charge is -2.31. The fraction of sp³-hybridized carbons (Fsp3) is 0.632.